The van der Waals surface area contributed by atoms with Gasteiger partial charge >= 0.3 is 0 Å². The average Bonchev–Trinajstić information content (AvgIpc) is 2.57. The SMILES string of the molecule is Cc1cc(C)cc(C(=O)NCC(=O)NC(C(N)=O)c2ccccc2)c1. The van der Waals surface area contributed by atoms with Gasteiger partial charge in [-0.3, -0.25) is 14.4 Å². The maximum Gasteiger partial charge on any atom is 0.251 e. The summed E-state index contributed by atoms with van der Waals surface area (Å²) in [6.45, 7) is 3.55. The van der Waals surface area contributed by atoms with E-state index in [1.54, 1.807) is 42.5 Å². The first kappa shape index (κ1) is 18.2. The van der Waals surface area contributed by atoms with Crippen LogP contribution in [0.15, 0.2) is 48.5 Å². The summed E-state index contributed by atoms with van der Waals surface area (Å²) in [5.74, 6) is -1.51. The molecule has 0 aromatic heterocycles. The van der Waals surface area contributed by atoms with Crippen molar-refractivity contribution in [3.05, 3.63) is 70.8 Å². The maximum atomic E-state index is 12.2. The lowest BCUT2D eigenvalue weighted by molar-refractivity contribution is -0.126. The van der Waals surface area contributed by atoms with Crippen LogP contribution >= 0.6 is 0 Å². The number of hydrogen-bond donors (Lipinski definition) is 3. The van der Waals surface area contributed by atoms with Crippen LogP contribution in [-0.2, 0) is 9.59 Å². The topological polar surface area (TPSA) is 101 Å². The Bertz CT molecular complexity index is 768. The number of aryl methyl sites for hydroxylation is 2. The van der Waals surface area contributed by atoms with E-state index in [1.165, 1.54) is 0 Å². The van der Waals surface area contributed by atoms with E-state index in [2.05, 4.69) is 10.6 Å². The Morgan fingerprint density at radius 3 is 2.16 bits per heavy atom. The molecule has 0 heterocycles. The lowest BCUT2D eigenvalue weighted by atomic mass is 10.1. The van der Waals surface area contributed by atoms with Gasteiger partial charge in [0.05, 0.1) is 6.54 Å². The molecule has 6 nitrogen and oxygen atoms in total. The normalized spacial score (nSPS) is 11.4. The molecule has 1 unspecified atom stereocenters. The number of nitrogens with one attached hydrogen (secondary N) is 2. The van der Waals surface area contributed by atoms with Gasteiger partial charge in [-0.2, -0.15) is 0 Å². The third-order valence-electron chi connectivity index (χ3n) is 3.62. The van der Waals surface area contributed by atoms with Crippen LogP contribution in [0.5, 0.6) is 0 Å². The molecule has 25 heavy (non-hydrogen) atoms. The molecule has 0 saturated carbocycles. The van der Waals surface area contributed by atoms with Gasteiger partial charge < -0.3 is 16.4 Å². The van der Waals surface area contributed by atoms with Gasteiger partial charge in [0, 0.05) is 5.56 Å². The summed E-state index contributed by atoms with van der Waals surface area (Å²) in [6.07, 6.45) is 0. The summed E-state index contributed by atoms with van der Waals surface area (Å²) >= 11 is 0. The molecule has 0 aliphatic carbocycles. The largest absolute Gasteiger partial charge is 0.368 e. The zero-order valence-corrected chi connectivity index (χ0v) is 14.2. The first-order valence-electron chi connectivity index (χ1n) is 7.87. The summed E-state index contributed by atoms with van der Waals surface area (Å²) in [5.41, 5.74) is 8.36. The zero-order valence-electron chi connectivity index (χ0n) is 14.2. The van der Waals surface area contributed by atoms with Gasteiger partial charge in [0.15, 0.2) is 0 Å². The van der Waals surface area contributed by atoms with Crippen LogP contribution in [0.1, 0.15) is 33.1 Å². The molecule has 0 spiro atoms. The number of rotatable bonds is 6. The Kier molecular flexibility index (Phi) is 5.89. The van der Waals surface area contributed by atoms with Gasteiger partial charge in [0.1, 0.15) is 6.04 Å². The van der Waals surface area contributed by atoms with Crippen molar-refractivity contribution in [3.63, 3.8) is 0 Å². The highest BCUT2D eigenvalue weighted by molar-refractivity contribution is 5.97. The number of nitrogens with two attached hydrogens (primary N) is 1. The molecular formula is C19H21N3O3. The smallest absolute Gasteiger partial charge is 0.251 e. The number of benzene rings is 2. The summed E-state index contributed by atoms with van der Waals surface area (Å²) in [5, 5.41) is 5.08. The predicted octanol–water partition coefficient (Wildman–Crippen LogP) is 1.38. The van der Waals surface area contributed by atoms with Crippen molar-refractivity contribution >= 4 is 17.7 Å². The fraction of sp³-hybridized carbons (Fsp3) is 0.211. The summed E-state index contributed by atoms with van der Waals surface area (Å²) in [6, 6.07) is 13.2. The van der Waals surface area contributed by atoms with Crippen LogP contribution in [0, 0.1) is 13.8 Å². The second-order valence-corrected chi connectivity index (χ2v) is 5.87. The van der Waals surface area contributed by atoms with Crippen molar-refractivity contribution in [3.8, 4) is 0 Å². The molecule has 0 radical (unpaired) electrons. The third kappa shape index (κ3) is 5.17. The molecule has 2 rings (SSSR count). The summed E-state index contributed by atoms with van der Waals surface area (Å²) in [4.78, 5) is 35.8. The molecule has 2 aromatic rings. The Labute approximate surface area is 146 Å². The van der Waals surface area contributed by atoms with E-state index in [0.29, 0.717) is 11.1 Å². The second-order valence-electron chi connectivity index (χ2n) is 5.87. The monoisotopic (exact) mass is 339 g/mol. The number of carbonyl (C=O) groups is 3. The molecule has 2 aromatic carbocycles. The minimum atomic E-state index is -0.938. The van der Waals surface area contributed by atoms with Crippen molar-refractivity contribution in [2.45, 2.75) is 19.9 Å². The molecule has 6 heteroatoms. The molecule has 1 atom stereocenters. The van der Waals surface area contributed by atoms with E-state index in [1.807, 2.05) is 19.9 Å². The van der Waals surface area contributed by atoms with Crippen molar-refractivity contribution < 1.29 is 14.4 Å². The van der Waals surface area contributed by atoms with Crippen LogP contribution in [0.4, 0.5) is 0 Å². The van der Waals surface area contributed by atoms with Crippen molar-refractivity contribution in [1.82, 2.24) is 10.6 Å². The number of carbonyl (C=O) groups excluding carboxylic acids is 3. The Morgan fingerprint density at radius 1 is 1.00 bits per heavy atom. The van der Waals surface area contributed by atoms with Crippen LogP contribution in [-0.4, -0.2) is 24.3 Å². The molecular weight excluding hydrogens is 318 g/mol. The first-order chi connectivity index (χ1) is 11.9. The Morgan fingerprint density at radius 2 is 1.60 bits per heavy atom. The van der Waals surface area contributed by atoms with E-state index in [4.69, 9.17) is 5.73 Å². The molecule has 4 N–H and O–H groups in total. The molecule has 0 aliphatic heterocycles. The third-order valence-corrected chi connectivity index (χ3v) is 3.62. The fourth-order valence-corrected chi connectivity index (χ4v) is 2.54. The minimum absolute atomic E-state index is 0.248. The summed E-state index contributed by atoms with van der Waals surface area (Å²) in [7, 11) is 0. The first-order valence-corrected chi connectivity index (χ1v) is 7.87. The van der Waals surface area contributed by atoms with E-state index in [-0.39, 0.29) is 12.5 Å². The summed E-state index contributed by atoms with van der Waals surface area (Å²) < 4.78 is 0. The lowest BCUT2D eigenvalue weighted by Crippen LogP contribution is -2.42. The van der Waals surface area contributed by atoms with Crippen LogP contribution in [0.3, 0.4) is 0 Å². The van der Waals surface area contributed by atoms with Gasteiger partial charge in [0.2, 0.25) is 11.8 Å². The Balaban J connectivity index is 1.97. The molecule has 130 valence electrons. The molecule has 3 amide bonds. The highest BCUT2D eigenvalue weighted by Crippen LogP contribution is 2.12. The highest BCUT2D eigenvalue weighted by atomic mass is 16.2. The minimum Gasteiger partial charge on any atom is -0.368 e. The quantitative estimate of drug-likeness (QED) is 0.741. The van der Waals surface area contributed by atoms with E-state index in [0.717, 1.165) is 11.1 Å². The molecule has 0 fully saturated rings. The zero-order chi connectivity index (χ0) is 18.4. The van der Waals surface area contributed by atoms with Crippen molar-refractivity contribution in [1.29, 1.82) is 0 Å². The van der Waals surface area contributed by atoms with E-state index < -0.39 is 17.9 Å². The number of amides is 3. The highest BCUT2D eigenvalue weighted by Gasteiger charge is 2.20. The molecule has 0 saturated heterocycles. The lowest BCUT2D eigenvalue weighted by Gasteiger charge is -2.16. The number of hydrogen-bond acceptors (Lipinski definition) is 3. The van der Waals surface area contributed by atoms with Gasteiger partial charge in [-0.1, -0.05) is 47.5 Å². The van der Waals surface area contributed by atoms with E-state index in [9.17, 15) is 14.4 Å². The van der Waals surface area contributed by atoms with Gasteiger partial charge in [-0.15, -0.1) is 0 Å². The van der Waals surface area contributed by atoms with Crippen LogP contribution in [0.25, 0.3) is 0 Å². The fourth-order valence-electron chi connectivity index (χ4n) is 2.54. The van der Waals surface area contributed by atoms with Crippen LogP contribution in [0.2, 0.25) is 0 Å². The maximum absolute atomic E-state index is 12.2. The molecule has 0 bridgehead atoms. The van der Waals surface area contributed by atoms with Gasteiger partial charge in [-0.05, 0) is 31.5 Å². The van der Waals surface area contributed by atoms with Crippen LogP contribution < -0.4 is 16.4 Å². The predicted molar refractivity (Wildman–Crippen MR) is 94.8 cm³/mol. The van der Waals surface area contributed by atoms with Gasteiger partial charge in [-0.25, -0.2) is 0 Å². The average molecular weight is 339 g/mol. The molecule has 0 aliphatic rings. The van der Waals surface area contributed by atoms with Crippen molar-refractivity contribution in [2.75, 3.05) is 6.54 Å². The van der Waals surface area contributed by atoms with Gasteiger partial charge in [0.25, 0.3) is 5.91 Å². The standard InChI is InChI=1S/C19H21N3O3/c1-12-8-13(2)10-15(9-12)19(25)21-11-16(23)22-17(18(20)24)14-6-4-3-5-7-14/h3-10,17H,11H2,1-2H3,(H2,20,24)(H,21,25)(H,22,23). The number of primary amides is 1. The van der Waals surface area contributed by atoms with Crippen molar-refractivity contribution in [2.24, 2.45) is 5.73 Å². The second kappa shape index (κ2) is 8.10. The Hall–Kier alpha value is -3.15. The van der Waals surface area contributed by atoms with E-state index >= 15 is 0 Å².